The fourth-order valence-electron chi connectivity index (χ4n) is 8.52. The Morgan fingerprint density at radius 3 is 1.05 bits per heavy atom. The Kier molecular flexibility index (Phi) is 55.4. The van der Waals surface area contributed by atoms with Crippen molar-refractivity contribution in [3.05, 3.63) is 96.1 Å². The van der Waals surface area contributed by atoms with Crippen molar-refractivity contribution in [1.82, 2.24) is 0 Å². The Hall–Kier alpha value is -2.20. The summed E-state index contributed by atoms with van der Waals surface area (Å²) in [7, 11) is 0. The second-order valence-electron chi connectivity index (χ2n) is 18.6. The highest BCUT2D eigenvalue weighted by Crippen LogP contribution is 2.37. The highest BCUT2D eigenvalue weighted by atomic mass is 16.5. The molecule has 0 saturated heterocycles. The van der Waals surface area contributed by atoms with E-state index in [0.717, 1.165) is 31.7 Å². The van der Waals surface area contributed by atoms with Crippen LogP contribution in [0.1, 0.15) is 268 Å². The van der Waals surface area contributed by atoms with Crippen molar-refractivity contribution >= 4 is 0 Å². The van der Waals surface area contributed by atoms with E-state index in [-0.39, 0.29) is 6.10 Å². The zero-order valence-corrected chi connectivity index (χ0v) is 47.0. The quantitative estimate of drug-likeness (QED) is 0.199. The molecule has 6 rings (SSSR count). The van der Waals surface area contributed by atoms with Gasteiger partial charge >= 0.3 is 0 Å². The predicted octanol–water partition coefficient (Wildman–Crippen LogP) is 21.3. The van der Waals surface area contributed by atoms with Gasteiger partial charge in [-0.2, -0.15) is 0 Å². The Morgan fingerprint density at radius 2 is 0.697 bits per heavy atom. The Morgan fingerprint density at radius 1 is 0.364 bits per heavy atom. The van der Waals surface area contributed by atoms with E-state index in [1.807, 2.05) is 0 Å². The van der Waals surface area contributed by atoms with E-state index < -0.39 is 0 Å². The third kappa shape index (κ3) is 36.8. The molecule has 386 valence electrons. The highest BCUT2D eigenvalue weighted by Gasteiger charge is 2.30. The van der Waals surface area contributed by atoms with Crippen LogP contribution in [0.4, 0.5) is 0 Å². The van der Waals surface area contributed by atoms with Crippen LogP contribution >= 0.6 is 0 Å². The number of benzene rings is 2. The maximum absolute atomic E-state index is 6.07. The minimum absolute atomic E-state index is 0.239. The van der Waals surface area contributed by atoms with Crippen LogP contribution in [0.3, 0.4) is 0 Å². The third-order valence-corrected chi connectivity index (χ3v) is 10.9. The van der Waals surface area contributed by atoms with Gasteiger partial charge in [0.2, 0.25) is 0 Å². The lowest BCUT2D eigenvalue weighted by Gasteiger charge is -2.35. The SMILES string of the molecule is CCC.CCC.CCC.CCC.CCC.CCC.CCOC(C1C=CCCC1)C1CCCCC1.CCOC(c1ccccc1)C1C=CCCC1.CCOC(c1ccccc1)C1CCCCC1. The monoisotopic (exact) mass is 921 g/mol. The highest BCUT2D eigenvalue weighted by molar-refractivity contribution is 5.20. The molecule has 0 radical (unpaired) electrons. The average molecular weight is 922 g/mol. The van der Waals surface area contributed by atoms with Crippen LogP contribution in [-0.4, -0.2) is 25.9 Å². The van der Waals surface area contributed by atoms with Crippen molar-refractivity contribution in [2.24, 2.45) is 23.7 Å². The molecule has 66 heavy (non-hydrogen) atoms. The topological polar surface area (TPSA) is 27.7 Å². The predicted molar refractivity (Wildman–Crippen MR) is 299 cm³/mol. The second-order valence-corrected chi connectivity index (χ2v) is 18.6. The Labute approximate surface area is 415 Å². The first kappa shape index (κ1) is 68.1. The van der Waals surface area contributed by atoms with Crippen LogP contribution in [0.5, 0.6) is 0 Å². The van der Waals surface area contributed by atoms with Crippen LogP contribution < -0.4 is 0 Å². The summed E-state index contributed by atoms with van der Waals surface area (Å²) < 4.78 is 18.0. The lowest BCUT2D eigenvalue weighted by atomic mass is 9.77. The molecular formula is C63H116O3. The van der Waals surface area contributed by atoms with Crippen LogP contribution in [0.2, 0.25) is 0 Å². The Balaban J connectivity index is -0.000000763. The summed E-state index contributed by atoms with van der Waals surface area (Å²) in [6.07, 6.45) is 39.6. The van der Waals surface area contributed by atoms with Crippen LogP contribution in [0.15, 0.2) is 85.0 Å². The molecule has 0 bridgehead atoms. The summed E-state index contributed by atoms with van der Waals surface area (Å²) in [5, 5.41) is 0. The first-order chi connectivity index (χ1) is 32.2. The summed E-state index contributed by atoms with van der Waals surface area (Å²) in [5.41, 5.74) is 2.66. The van der Waals surface area contributed by atoms with Gasteiger partial charge in [-0.05, 0) is 108 Å². The smallest absolute Gasteiger partial charge is 0.0887 e. The molecule has 0 amide bonds. The molecule has 5 unspecified atom stereocenters. The molecule has 0 spiro atoms. The summed E-state index contributed by atoms with van der Waals surface area (Å²) in [6.45, 7) is 34.3. The molecule has 3 nitrogen and oxygen atoms in total. The summed E-state index contributed by atoms with van der Waals surface area (Å²) >= 11 is 0. The van der Waals surface area contributed by atoms with Crippen LogP contribution in [-0.2, 0) is 14.2 Å². The van der Waals surface area contributed by atoms with Crippen molar-refractivity contribution in [2.45, 2.75) is 263 Å². The number of hydrogen-bond acceptors (Lipinski definition) is 3. The molecule has 0 heterocycles. The van der Waals surface area contributed by atoms with Gasteiger partial charge in [0.25, 0.3) is 0 Å². The van der Waals surface area contributed by atoms with Gasteiger partial charge in [-0.15, -0.1) is 0 Å². The third-order valence-electron chi connectivity index (χ3n) is 10.9. The first-order valence-electron chi connectivity index (χ1n) is 28.5. The normalized spacial score (nSPS) is 18.8. The standard InChI is InChI=1S/C15H26O.C15H22O.C15H20O.6C3H8/c3*1-2-16-15(13-9-5-3-6-10-13)14-11-7-4-8-12-14;6*1-3-2/h5,9,13-15H,2-4,6-8,10-12H2,1H3;3,5-6,9-10,14-15H,2,4,7-8,11-12H2,1H3;3,5-7,9-11,14-15H,2,4,8,12H2,1H3;6*3H2,1-2H3. The zero-order chi connectivity index (χ0) is 49.9. The van der Waals surface area contributed by atoms with Crippen molar-refractivity contribution in [3.8, 4) is 0 Å². The number of hydrogen-bond donors (Lipinski definition) is 0. The second kappa shape index (κ2) is 53.8. The van der Waals surface area contributed by atoms with Gasteiger partial charge in [-0.1, -0.05) is 245 Å². The maximum Gasteiger partial charge on any atom is 0.0887 e. The molecule has 0 aliphatic heterocycles. The van der Waals surface area contributed by atoms with Gasteiger partial charge in [-0.25, -0.2) is 0 Å². The van der Waals surface area contributed by atoms with E-state index in [0.29, 0.717) is 24.0 Å². The summed E-state index contributed by atoms with van der Waals surface area (Å²) in [4.78, 5) is 0. The maximum atomic E-state index is 6.07. The van der Waals surface area contributed by atoms with Gasteiger partial charge < -0.3 is 14.2 Å². The molecule has 4 aliphatic rings. The molecule has 2 saturated carbocycles. The van der Waals surface area contributed by atoms with Crippen molar-refractivity contribution in [2.75, 3.05) is 19.8 Å². The van der Waals surface area contributed by atoms with E-state index in [1.54, 1.807) is 0 Å². The van der Waals surface area contributed by atoms with Crippen molar-refractivity contribution < 1.29 is 14.2 Å². The van der Waals surface area contributed by atoms with Gasteiger partial charge in [0.1, 0.15) is 0 Å². The van der Waals surface area contributed by atoms with Crippen LogP contribution in [0, 0.1) is 23.7 Å². The van der Waals surface area contributed by atoms with Gasteiger partial charge in [0.05, 0.1) is 18.3 Å². The van der Waals surface area contributed by atoms with Crippen LogP contribution in [0.25, 0.3) is 0 Å². The van der Waals surface area contributed by atoms with E-state index in [9.17, 15) is 0 Å². The molecule has 2 fully saturated rings. The largest absolute Gasteiger partial charge is 0.378 e. The molecule has 2 aromatic carbocycles. The van der Waals surface area contributed by atoms with E-state index in [2.05, 4.69) is 189 Å². The number of rotatable bonds is 12. The first-order valence-corrected chi connectivity index (χ1v) is 28.5. The molecule has 4 aliphatic carbocycles. The van der Waals surface area contributed by atoms with Gasteiger partial charge in [0, 0.05) is 31.7 Å². The van der Waals surface area contributed by atoms with Gasteiger partial charge in [0.15, 0.2) is 0 Å². The molecule has 2 aromatic rings. The number of allylic oxidation sites excluding steroid dienone is 2. The minimum Gasteiger partial charge on any atom is -0.378 e. The molecular weight excluding hydrogens is 805 g/mol. The molecule has 5 atom stereocenters. The van der Waals surface area contributed by atoms with Crippen molar-refractivity contribution in [1.29, 1.82) is 0 Å². The van der Waals surface area contributed by atoms with E-state index in [4.69, 9.17) is 14.2 Å². The number of ether oxygens (including phenoxy) is 3. The zero-order valence-electron chi connectivity index (χ0n) is 47.0. The minimum atomic E-state index is 0.239. The lowest BCUT2D eigenvalue weighted by Crippen LogP contribution is -2.33. The molecule has 0 aromatic heterocycles. The summed E-state index contributed by atoms with van der Waals surface area (Å²) in [6, 6.07) is 21.3. The van der Waals surface area contributed by atoms with E-state index in [1.165, 1.54) is 152 Å². The average Bonchev–Trinajstić information content (AvgIpc) is 3.35. The fraction of sp³-hybridized carbons (Fsp3) is 0.746. The lowest BCUT2D eigenvalue weighted by molar-refractivity contribution is -0.0224. The van der Waals surface area contributed by atoms with E-state index >= 15 is 0 Å². The molecule has 3 heteroatoms. The van der Waals surface area contributed by atoms with Crippen molar-refractivity contribution in [3.63, 3.8) is 0 Å². The molecule has 0 N–H and O–H groups in total. The fourth-order valence-corrected chi connectivity index (χ4v) is 8.52. The van der Waals surface area contributed by atoms with Gasteiger partial charge in [-0.3, -0.25) is 0 Å². The summed E-state index contributed by atoms with van der Waals surface area (Å²) in [5.74, 6) is 2.82. The Bertz CT molecular complexity index is 1200.